The van der Waals surface area contributed by atoms with Gasteiger partial charge < -0.3 is 10.5 Å². The van der Waals surface area contributed by atoms with E-state index in [2.05, 4.69) is 9.72 Å². The number of hydrogen-bond acceptors (Lipinski definition) is 5. The SMILES string of the molecule is COC(=O)c1ncn(-c2ccc3sccc3c2)c1N. The van der Waals surface area contributed by atoms with Gasteiger partial charge in [-0.05, 0) is 35.0 Å². The molecule has 2 aromatic heterocycles. The van der Waals surface area contributed by atoms with E-state index in [1.54, 1.807) is 15.9 Å². The number of thiophene rings is 1. The Hall–Kier alpha value is -2.34. The number of imidazole rings is 1. The lowest BCUT2D eigenvalue weighted by Gasteiger charge is -2.05. The van der Waals surface area contributed by atoms with Crippen molar-refractivity contribution in [2.45, 2.75) is 0 Å². The summed E-state index contributed by atoms with van der Waals surface area (Å²) in [5.74, 6) is -0.255. The summed E-state index contributed by atoms with van der Waals surface area (Å²) < 4.78 is 7.51. The number of carbonyl (C=O) groups is 1. The zero-order valence-corrected chi connectivity index (χ0v) is 11.0. The van der Waals surface area contributed by atoms with Crippen LogP contribution >= 0.6 is 11.3 Å². The van der Waals surface area contributed by atoms with Crippen molar-refractivity contribution in [3.8, 4) is 5.69 Å². The molecule has 6 heteroatoms. The lowest BCUT2D eigenvalue weighted by molar-refractivity contribution is 0.0596. The van der Waals surface area contributed by atoms with E-state index in [-0.39, 0.29) is 11.5 Å². The maximum Gasteiger partial charge on any atom is 0.360 e. The van der Waals surface area contributed by atoms with Gasteiger partial charge in [0.1, 0.15) is 12.1 Å². The molecular weight excluding hydrogens is 262 g/mol. The molecule has 5 nitrogen and oxygen atoms in total. The largest absolute Gasteiger partial charge is 0.464 e. The third kappa shape index (κ3) is 1.86. The number of benzene rings is 1. The maximum absolute atomic E-state index is 11.5. The summed E-state index contributed by atoms with van der Waals surface area (Å²) in [5.41, 5.74) is 6.93. The molecule has 3 rings (SSSR count). The summed E-state index contributed by atoms with van der Waals surface area (Å²) in [6.07, 6.45) is 1.52. The zero-order valence-electron chi connectivity index (χ0n) is 10.2. The van der Waals surface area contributed by atoms with Crippen LogP contribution in [0, 0.1) is 0 Å². The Morgan fingerprint density at radius 1 is 1.42 bits per heavy atom. The molecule has 0 aliphatic carbocycles. The number of nitrogen functional groups attached to an aromatic ring is 1. The topological polar surface area (TPSA) is 70.1 Å². The molecule has 3 aromatic rings. The Bertz CT molecular complexity index is 760. The van der Waals surface area contributed by atoms with Gasteiger partial charge in [-0.15, -0.1) is 11.3 Å². The monoisotopic (exact) mass is 273 g/mol. The molecule has 0 radical (unpaired) electrons. The van der Waals surface area contributed by atoms with Crippen molar-refractivity contribution in [1.29, 1.82) is 0 Å². The highest BCUT2D eigenvalue weighted by molar-refractivity contribution is 7.17. The van der Waals surface area contributed by atoms with Crippen molar-refractivity contribution in [3.05, 3.63) is 41.7 Å². The normalized spacial score (nSPS) is 10.8. The van der Waals surface area contributed by atoms with Crippen molar-refractivity contribution in [2.75, 3.05) is 12.8 Å². The molecule has 0 amide bonds. The van der Waals surface area contributed by atoms with Gasteiger partial charge in [-0.1, -0.05) is 0 Å². The molecule has 1 aromatic carbocycles. The Morgan fingerprint density at radius 2 is 2.26 bits per heavy atom. The number of esters is 1. The van der Waals surface area contributed by atoms with Crippen LogP contribution in [0.1, 0.15) is 10.5 Å². The number of carbonyl (C=O) groups excluding carboxylic acids is 1. The number of nitrogens with two attached hydrogens (primary N) is 1. The van der Waals surface area contributed by atoms with Crippen molar-refractivity contribution in [1.82, 2.24) is 9.55 Å². The first-order chi connectivity index (χ1) is 9.20. The van der Waals surface area contributed by atoms with E-state index < -0.39 is 5.97 Å². The second-order valence-corrected chi connectivity index (χ2v) is 4.93. The third-order valence-electron chi connectivity index (χ3n) is 2.90. The van der Waals surface area contributed by atoms with Crippen molar-refractivity contribution < 1.29 is 9.53 Å². The molecule has 0 aliphatic rings. The average Bonchev–Trinajstić information content (AvgIpc) is 3.03. The first-order valence-electron chi connectivity index (χ1n) is 5.59. The van der Waals surface area contributed by atoms with Gasteiger partial charge in [-0.3, -0.25) is 4.57 Å². The van der Waals surface area contributed by atoms with E-state index in [1.807, 2.05) is 29.6 Å². The molecule has 0 aliphatic heterocycles. The summed E-state index contributed by atoms with van der Waals surface area (Å²) in [5, 5.41) is 3.17. The molecule has 0 atom stereocenters. The highest BCUT2D eigenvalue weighted by Crippen LogP contribution is 2.25. The minimum absolute atomic E-state index is 0.132. The lowest BCUT2D eigenvalue weighted by Crippen LogP contribution is -2.07. The number of aromatic nitrogens is 2. The molecular formula is C13H11N3O2S. The van der Waals surface area contributed by atoms with Crippen LogP contribution in [0.5, 0.6) is 0 Å². The summed E-state index contributed by atoms with van der Waals surface area (Å²) in [6, 6.07) is 8.01. The van der Waals surface area contributed by atoms with Gasteiger partial charge in [0.2, 0.25) is 0 Å². The Kier molecular flexibility index (Phi) is 2.72. The molecule has 19 heavy (non-hydrogen) atoms. The van der Waals surface area contributed by atoms with Gasteiger partial charge in [0.15, 0.2) is 5.69 Å². The predicted molar refractivity (Wildman–Crippen MR) is 74.7 cm³/mol. The molecule has 0 spiro atoms. The highest BCUT2D eigenvalue weighted by atomic mass is 32.1. The van der Waals surface area contributed by atoms with Crippen LogP contribution in [-0.2, 0) is 4.74 Å². The number of rotatable bonds is 2. The fraction of sp³-hybridized carbons (Fsp3) is 0.0769. The van der Waals surface area contributed by atoms with Gasteiger partial charge in [0.05, 0.1) is 7.11 Å². The summed E-state index contributed by atoms with van der Waals surface area (Å²) in [6.45, 7) is 0. The summed E-state index contributed by atoms with van der Waals surface area (Å²) in [7, 11) is 1.30. The van der Waals surface area contributed by atoms with Crippen LogP contribution in [0.15, 0.2) is 36.0 Å². The number of fused-ring (bicyclic) bond motifs is 1. The van der Waals surface area contributed by atoms with Crippen LogP contribution in [0.3, 0.4) is 0 Å². The standard InChI is InChI=1S/C13H11N3O2S/c1-18-13(17)11-12(14)16(7-15-11)9-2-3-10-8(6-9)4-5-19-10/h2-7H,14H2,1H3. The van der Waals surface area contributed by atoms with Gasteiger partial charge in [-0.2, -0.15) is 0 Å². The Morgan fingerprint density at radius 3 is 3.05 bits per heavy atom. The molecule has 0 bridgehead atoms. The zero-order chi connectivity index (χ0) is 13.4. The molecule has 0 unspecified atom stereocenters. The maximum atomic E-state index is 11.5. The fourth-order valence-electron chi connectivity index (χ4n) is 1.92. The quantitative estimate of drug-likeness (QED) is 0.728. The number of methoxy groups -OCH3 is 1. The summed E-state index contributed by atoms with van der Waals surface area (Å²) >= 11 is 1.68. The molecule has 2 heterocycles. The smallest absolute Gasteiger partial charge is 0.360 e. The first kappa shape index (κ1) is 11.7. The second kappa shape index (κ2) is 4.40. The van der Waals surface area contributed by atoms with Crippen LogP contribution in [0.25, 0.3) is 15.8 Å². The molecule has 0 fully saturated rings. The second-order valence-electron chi connectivity index (χ2n) is 3.98. The third-order valence-corrected chi connectivity index (χ3v) is 3.80. The number of hydrogen-bond donors (Lipinski definition) is 1. The van der Waals surface area contributed by atoms with Crippen LogP contribution < -0.4 is 5.73 Å². The van der Waals surface area contributed by atoms with E-state index in [1.165, 1.54) is 18.1 Å². The van der Waals surface area contributed by atoms with Gasteiger partial charge in [0, 0.05) is 10.4 Å². The van der Waals surface area contributed by atoms with E-state index in [0.29, 0.717) is 0 Å². The first-order valence-corrected chi connectivity index (χ1v) is 6.47. The van der Waals surface area contributed by atoms with Crippen LogP contribution in [0.2, 0.25) is 0 Å². The Labute approximate surface area is 113 Å². The van der Waals surface area contributed by atoms with Crippen molar-refractivity contribution in [2.24, 2.45) is 0 Å². The van der Waals surface area contributed by atoms with Crippen LogP contribution in [-0.4, -0.2) is 22.6 Å². The van der Waals surface area contributed by atoms with Crippen molar-refractivity contribution >= 4 is 33.2 Å². The minimum atomic E-state index is -0.534. The van der Waals surface area contributed by atoms with Gasteiger partial charge in [0.25, 0.3) is 0 Å². The molecule has 0 saturated carbocycles. The van der Waals surface area contributed by atoms with Gasteiger partial charge in [-0.25, -0.2) is 9.78 Å². The van der Waals surface area contributed by atoms with E-state index in [9.17, 15) is 4.79 Å². The highest BCUT2D eigenvalue weighted by Gasteiger charge is 2.16. The average molecular weight is 273 g/mol. The minimum Gasteiger partial charge on any atom is -0.464 e. The number of ether oxygens (including phenoxy) is 1. The molecule has 96 valence electrons. The lowest BCUT2D eigenvalue weighted by atomic mass is 10.2. The van der Waals surface area contributed by atoms with Crippen LogP contribution in [0.4, 0.5) is 5.82 Å². The van der Waals surface area contributed by atoms with E-state index >= 15 is 0 Å². The molecule has 2 N–H and O–H groups in total. The van der Waals surface area contributed by atoms with Crippen molar-refractivity contribution in [3.63, 3.8) is 0 Å². The Balaban J connectivity index is 2.11. The number of nitrogens with zero attached hydrogens (tertiary/aromatic N) is 2. The fourth-order valence-corrected chi connectivity index (χ4v) is 2.69. The summed E-state index contributed by atoms with van der Waals surface area (Å²) in [4.78, 5) is 15.5. The van der Waals surface area contributed by atoms with E-state index in [0.717, 1.165) is 11.1 Å². The number of anilines is 1. The van der Waals surface area contributed by atoms with Gasteiger partial charge >= 0.3 is 5.97 Å². The molecule has 0 saturated heterocycles. The van der Waals surface area contributed by atoms with E-state index in [4.69, 9.17) is 5.73 Å². The predicted octanol–water partition coefficient (Wildman–Crippen LogP) is 2.46.